The number of aliphatic hydroxyl groups is 1. The number of hydrogen-bond acceptors (Lipinski definition) is 3. The Morgan fingerprint density at radius 3 is 2.77 bits per heavy atom. The maximum atomic E-state index is 15.1. The molecule has 0 spiro atoms. The van der Waals surface area contributed by atoms with Crippen LogP contribution in [0.3, 0.4) is 0 Å². The molecule has 0 aliphatic heterocycles. The minimum atomic E-state index is -1.23. The number of hydrogen-bond donors (Lipinski definition) is 3. The lowest BCUT2D eigenvalue weighted by atomic mass is 9.61. The normalized spacial score (nSPS) is 29.1. The SMILES string of the molecule is CCc1cc2[nH]cc(C(=O)NC3CC(O)C(C4(C)CCCCC4)CC3F)c(=O)n2c1. The monoisotopic (exact) mass is 417 g/mol. The highest BCUT2D eigenvalue weighted by Gasteiger charge is 2.46. The van der Waals surface area contributed by atoms with Crippen LogP contribution in [-0.2, 0) is 6.42 Å². The van der Waals surface area contributed by atoms with Crippen molar-refractivity contribution in [2.75, 3.05) is 0 Å². The third-order valence-corrected chi connectivity index (χ3v) is 7.43. The standard InChI is InChI=1S/C23H32FN3O3/c1-3-14-9-20-25-12-15(22(30)27(20)13-14)21(29)26-18-11-19(28)16(10-17(18)24)23(2)7-5-4-6-8-23/h9,12-13,16-19,25,28H,3-8,10-11H2,1-2H3,(H,26,29). The van der Waals surface area contributed by atoms with Gasteiger partial charge in [0.1, 0.15) is 17.4 Å². The second-order valence-electron chi connectivity index (χ2n) is 9.42. The first-order valence-electron chi connectivity index (χ1n) is 11.2. The number of fused-ring (bicyclic) bond motifs is 1. The van der Waals surface area contributed by atoms with Crippen molar-refractivity contribution in [3.8, 4) is 0 Å². The Morgan fingerprint density at radius 2 is 2.07 bits per heavy atom. The van der Waals surface area contributed by atoms with E-state index in [1.807, 2.05) is 13.0 Å². The van der Waals surface area contributed by atoms with Crippen molar-refractivity contribution in [1.82, 2.24) is 14.7 Å². The molecular formula is C23H32FN3O3. The van der Waals surface area contributed by atoms with E-state index in [-0.39, 0.29) is 29.7 Å². The van der Waals surface area contributed by atoms with E-state index in [4.69, 9.17) is 0 Å². The first-order chi connectivity index (χ1) is 14.3. The summed E-state index contributed by atoms with van der Waals surface area (Å²) in [6.07, 6.45) is 7.90. The van der Waals surface area contributed by atoms with Gasteiger partial charge in [0.15, 0.2) is 0 Å². The molecule has 30 heavy (non-hydrogen) atoms. The van der Waals surface area contributed by atoms with Crippen LogP contribution in [0, 0.1) is 11.3 Å². The predicted octanol–water partition coefficient (Wildman–Crippen LogP) is 3.37. The fourth-order valence-electron chi connectivity index (χ4n) is 5.50. The lowest BCUT2D eigenvalue weighted by Crippen LogP contribution is -2.53. The highest BCUT2D eigenvalue weighted by Crippen LogP contribution is 2.48. The number of aromatic amines is 1. The van der Waals surface area contributed by atoms with Gasteiger partial charge >= 0.3 is 0 Å². The fourth-order valence-corrected chi connectivity index (χ4v) is 5.50. The highest BCUT2D eigenvalue weighted by atomic mass is 19.1. The van der Waals surface area contributed by atoms with E-state index >= 15 is 4.39 Å². The van der Waals surface area contributed by atoms with Crippen molar-refractivity contribution in [1.29, 1.82) is 0 Å². The third kappa shape index (κ3) is 3.80. The van der Waals surface area contributed by atoms with E-state index in [2.05, 4.69) is 17.2 Å². The molecule has 4 unspecified atom stereocenters. The van der Waals surface area contributed by atoms with Crippen LogP contribution in [0.25, 0.3) is 5.65 Å². The average molecular weight is 418 g/mol. The quantitative estimate of drug-likeness (QED) is 0.713. The number of halogens is 1. The molecule has 3 N–H and O–H groups in total. The van der Waals surface area contributed by atoms with Crippen molar-refractivity contribution in [3.05, 3.63) is 39.9 Å². The van der Waals surface area contributed by atoms with Crippen molar-refractivity contribution in [2.24, 2.45) is 11.3 Å². The predicted molar refractivity (Wildman–Crippen MR) is 113 cm³/mol. The van der Waals surface area contributed by atoms with Crippen molar-refractivity contribution >= 4 is 11.6 Å². The summed E-state index contributed by atoms with van der Waals surface area (Å²) in [7, 11) is 0. The molecule has 2 aliphatic rings. The molecule has 164 valence electrons. The molecule has 0 saturated heterocycles. The molecule has 0 radical (unpaired) electrons. The number of carbonyl (C=O) groups excluding carboxylic acids is 1. The number of aliphatic hydroxyl groups excluding tert-OH is 1. The second-order valence-corrected chi connectivity index (χ2v) is 9.42. The van der Waals surface area contributed by atoms with Gasteiger partial charge in [-0.1, -0.05) is 33.1 Å². The van der Waals surface area contributed by atoms with Gasteiger partial charge in [-0.3, -0.25) is 14.0 Å². The van der Waals surface area contributed by atoms with Gasteiger partial charge in [0.2, 0.25) is 0 Å². The molecule has 2 aromatic heterocycles. The number of aromatic nitrogens is 2. The summed E-state index contributed by atoms with van der Waals surface area (Å²) in [5.41, 5.74) is 1.09. The summed E-state index contributed by atoms with van der Waals surface area (Å²) in [6.45, 7) is 4.16. The van der Waals surface area contributed by atoms with E-state index < -0.39 is 29.8 Å². The Hall–Kier alpha value is -2.15. The number of H-pyrrole nitrogens is 1. The summed E-state index contributed by atoms with van der Waals surface area (Å²) in [6, 6.07) is 1.08. The maximum Gasteiger partial charge on any atom is 0.270 e. The molecule has 7 heteroatoms. The molecule has 2 aromatic rings. The molecule has 2 saturated carbocycles. The number of amides is 1. The van der Waals surface area contributed by atoms with E-state index in [0.29, 0.717) is 5.65 Å². The van der Waals surface area contributed by atoms with Crippen LogP contribution in [0.2, 0.25) is 0 Å². The molecule has 2 fully saturated rings. The molecule has 0 bridgehead atoms. The van der Waals surface area contributed by atoms with E-state index in [0.717, 1.165) is 37.7 Å². The Labute approximate surface area is 175 Å². The molecule has 0 aromatic carbocycles. The highest BCUT2D eigenvalue weighted by molar-refractivity contribution is 5.94. The molecule has 4 rings (SSSR count). The number of nitrogens with one attached hydrogen (secondary N) is 2. The number of carbonyl (C=O) groups is 1. The number of nitrogens with zero attached hydrogens (tertiary/aromatic N) is 1. The summed E-state index contributed by atoms with van der Waals surface area (Å²) in [5, 5.41) is 13.5. The van der Waals surface area contributed by atoms with Crippen LogP contribution in [0.15, 0.2) is 23.3 Å². The molecule has 6 nitrogen and oxygen atoms in total. The number of aryl methyl sites for hydroxylation is 1. The summed E-state index contributed by atoms with van der Waals surface area (Å²) >= 11 is 0. The van der Waals surface area contributed by atoms with Gasteiger partial charge in [0.05, 0.1) is 12.1 Å². The van der Waals surface area contributed by atoms with Gasteiger partial charge in [-0.2, -0.15) is 0 Å². The van der Waals surface area contributed by atoms with Crippen molar-refractivity contribution < 1.29 is 14.3 Å². The minimum absolute atomic E-state index is 0.0371. The van der Waals surface area contributed by atoms with E-state index in [9.17, 15) is 14.7 Å². The van der Waals surface area contributed by atoms with Crippen LogP contribution >= 0.6 is 0 Å². The van der Waals surface area contributed by atoms with Gasteiger partial charge < -0.3 is 15.4 Å². The summed E-state index contributed by atoms with van der Waals surface area (Å²) < 4.78 is 16.5. The van der Waals surface area contributed by atoms with Gasteiger partial charge in [-0.05, 0) is 55.1 Å². The molecule has 2 heterocycles. The summed E-state index contributed by atoms with van der Waals surface area (Å²) in [4.78, 5) is 28.5. The van der Waals surface area contributed by atoms with Gasteiger partial charge in [0, 0.05) is 12.4 Å². The zero-order valence-electron chi connectivity index (χ0n) is 17.8. The van der Waals surface area contributed by atoms with E-state index in [1.54, 1.807) is 6.20 Å². The maximum absolute atomic E-state index is 15.1. The lowest BCUT2D eigenvalue weighted by molar-refractivity contribution is -0.0543. The molecule has 2 aliphatic carbocycles. The number of rotatable bonds is 4. The van der Waals surface area contributed by atoms with Crippen LogP contribution < -0.4 is 10.9 Å². The second kappa shape index (κ2) is 8.17. The fraction of sp³-hybridized carbons (Fsp3) is 0.652. The lowest BCUT2D eigenvalue weighted by Gasteiger charge is -2.47. The van der Waals surface area contributed by atoms with Crippen molar-refractivity contribution in [2.45, 2.75) is 83.5 Å². The topological polar surface area (TPSA) is 86.6 Å². The third-order valence-electron chi connectivity index (χ3n) is 7.43. The minimum Gasteiger partial charge on any atom is -0.393 e. The zero-order valence-corrected chi connectivity index (χ0v) is 17.8. The largest absolute Gasteiger partial charge is 0.393 e. The Bertz CT molecular complexity index is 976. The van der Waals surface area contributed by atoms with E-state index in [1.165, 1.54) is 17.0 Å². The number of alkyl halides is 1. The Balaban J connectivity index is 1.48. The molecule has 4 atom stereocenters. The first-order valence-corrected chi connectivity index (χ1v) is 11.2. The van der Waals surface area contributed by atoms with Crippen molar-refractivity contribution in [3.63, 3.8) is 0 Å². The van der Waals surface area contributed by atoms with Gasteiger partial charge in [-0.25, -0.2) is 4.39 Å². The average Bonchev–Trinajstić information content (AvgIpc) is 3.15. The Kier molecular flexibility index (Phi) is 5.75. The zero-order chi connectivity index (χ0) is 21.5. The summed E-state index contributed by atoms with van der Waals surface area (Å²) in [5.74, 6) is -0.694. The molecule has 1 amide bonds. The van der Waals surface area contributed by atoms with Crippen LogP contribution in [0.1, 0.15) is 74.7 Å². The van der Waals surface area contributed by atoms with Gasteiger partial charge in [0.25, 0.3) is 11.5 Å². The first kappa shape index (κ1) is 21.1. The smallest absolute Gasteiger partial charge is 0.270 e. The van der Waals surface area contributed by atoms with Crippen LogP contribution in [-0.4, -0.2) is 38.7 Å². The van der Waals surface area contributed by atoms with Gasteiger partial charge in [-0.15, -0.1) is 0 Å². The Morgan fingerprint density at radius 1 is 1.33 bits per heavy atom. The van der Waals surface area contributed by atoms with Crippen LogP contribution in [0.5, 0.6) is 0 Å². The van der Waals surface area contributed by atoms with Crippen LogP contribution in [0.4, 0.5) is 4.39 Å². The molecular weight excluding hydrogens is 385 g/mol.